The summed E-state index contributed by atoms with van der Waals surface area (Å²) in [7, 11) is 0. The van der Waals surface area contributed by atoms with Crippen LogP contribution >= 0.6 is 0 Å². The third-order valence-corrected chi connectivity index (χ3v) is 5.81. The molecule has 0 saturated carbocycles. The molecule has 0 heterocycles. The number of hydrogen-bond acceptors (Lipinski definition) is 4. The van der Waals surface area contributed by atoms with Gasteiger partial charge in [0.15, 0.2) is 0 Å². The minimum absolute atomic E-state index is 0.000973. The molecule has 1 unspecified atom stereocenters. The Morgan fingerprint density at radius 3 is 2.11 bits per heavy atom. The van der Waals surface area contributed by atoms with E-state index in [4.69, 9.17) is 15.6 Å². The topological polar surface area (TPSA) is 89.6 Å². The van der Waals surface area contributed by atoms with Crippen LogP contribution in [0.2, 0.25) is 0 Å². The second kappa shape index (κ2) is 8.57. The van der Waals surface area contributed by atoms with E-state index in [0.717, 1.165) is 17.5 Å². The van der Waals surface area contributed by atoms with E-state index in [-0.39, 0.29) is 30.8 Å². The first kappa shape index (κ1) is 20.1. The summed E-state index contributed by atoms with van der Waals surface area (Å²) in [6, 6.07) is 15.3. The van der Waals surface area contributed by atoms with Gasteiger partial charge in [-0.05, 0) is 34.6 Å². The van der Waals surface area contributed by atoms with Crippen LogP contribution in [0.3, 0.4) is 0 Å². The Morgan fingerprint density at radius 2 is 1.61 bits per heavy atom. The second-order valence-electron chi connectivity index (χ2n) is 7.53. The number of rotatable bonds is 8. The molecule has 2 aromatic carbocycles. The largest absolute Gasteiger partial charge is 0.480 e. The predicted molar refractivity (Wildman–Crippen MR) is 108 cm³/mol. The molecule has 1 aliphatic carbocycles. The molecule has 3 rings (SSSR count). The van der Waals surface area contributed by atoms with Gasteiger partial charge in [-0.1, -0.05) is 68.8 Å². The highest BCUT2D eigenvalue weighted by Gasteiger charge is 2.33. The number of hydrogen-bond donors (Lipinski definition) is 2. The number of benzene rings is 2. The average Bonchev–Trinajstić information content (AvgIpc) is 3.03. The third-order valence-electron chi connectivity index (χ3n) is 5.81. The van der Waals surface area contributed by atoms with Crippen LogP contribution in [-0.4, -0.2) is 29.7 Å². The number of carbonyl (C=O) groups excluding carboxylic acids is 1. The smallest absolute Gasteiger partial charge is 0.320 e. The van der Waals surface area contributed by atoms with Crippen molar-refractivity contribution in [1.29, 1.82) is 0 Å². The van der Waals surface area contributed by atoms with Crippen molar-refractivity contribution in [1.82, 2.24) is 0 Å². The maximum atomic E-state index is 12.8. The Morgan fingerprint density at radius 1 is 1.07 bits per heavy atom. The lowest BCUT2D eigenvalue weighted by molar-refractivity contribution is -0.151. The van der Waals surface area contributed by atoms with Gasteiger partial charge in [-0.3, -0.25) is 9.59 Å². The van der Waals surface area contributed by atoms with Gasteiger partial charge in [-0.25, -0.2) is 0 Å². The lowest BCUT2D eigenvalue weighted by Gasteiger charge is -2.24. The lowest BCUT2D eigenvalue weighted by atomic mass is 9.86. The van der Waals surface area contributed by atoms with Gasteiger partial charge in [0.25, 0.3) is 0 Å². The van der Waals surface area contributed by atoms with E-state index in [0.29, 0.717) is 0 Å². The summed E-state index contributed by atoms with van der Waals surface area (Å²) in [6.07, 6.45) is 0.836. The molecule has 0 fully saturated rings. The third kappa shape index (κ3) is 3.94. The Bertz CT molecular complexity index is 818. The van der Waals surface area contributed by atoms with Crippen molar-refractivity contribution in [3.63, 3.8) is 0 Å². The molecule has 0 spiro atoms. The highest BCUT2D eigenvalue weighted by Crippen LogP contribution is 2.44. The number of fused-ring (bicyclic) bond motifs is 3. The van der Waals surface area contributed by atoms with Crippen molar-refractivity contribution in [2.45, 2.75) is 38.6 Å². The van der Waals surface area contributed by atoms with Crippen molar-refractivity contribution in [3.8, 4) is 11.1 Å². The van der Waals surface area contributed by atoms with Crippen LogP contribution < -0.4 is 5.73 Å². The average molecular weight is 381 g/mol. The molecular formula is C23H27NO4. The number of aliphatic carboxylic acids is 1. The number of esters is 1. The molecule has 1 aliphatic rings. The molecular weight excluding hydrogens is 354 g/mol. The van der Waals surface area contributed by atoms with E-state index >= 15 is 0 Å². The van der Waals surface area contributed by atoms with Crippen LogP contribution in [0.1, 0.15) is 43.7 Å². The summed E-state index contributed by atoms with van der Waals surface area (Å²) < 4.78 is 5.72. The zero-order chi connectivity index (χ0) is 20.3. The van der Waals surface area contributed by atoms with Gasteiger partial charge in [0.1, 0.15) is 12.6 Å². The molecule has 28 heavy (non-hydrogen) atoms. The fourth-order valence-corrected chi connectivity index (χ4v) is 3.93. The zero-order valence-electron chi connectivity index (χ0n) is 16.3. The molecule has 0 radical (unpaired) electrons. The second-order valence-corrected chi connectivity index (χ2v) is 7.53. The fourth-order valence-electron chi connectivity index (χ4n) is 3.93. The number of carboxylic acids is 1. The molecule has 0 bridgehead atoms. The van der Waals surface area contributed by atoms with E-state index < -0.39 is 17.9 Å². The molecule has 0 saturated heterocycles. The van der Waals surface area contributed by atoms with Gasteiger partial charge in [0.2, 0.25) is 0 Å². The number of carboxylic acid groups (broad SMARTS) is 1. The van der Waals surface area contributed by atoms with E-state index in [1.54, 1.807) is 0 Å². The molecule has 148 valence electrons. The van der Waals surface area contributed by atoms with E-state index in [2.05, 4.69) is 24.3 Å². The van der Waals surface area contributed by atoms with Gasteiger partial charge >= 0.3 is 11.9 Å². The van der Waals surface area contributed by atoms with E-state index in [1.807, 2.05) is 38.1 Å². The number of nitrogens with two attached hydrogens (primary N) is 1. The van der Waals surface area contributed by atoms with E-state index in [9.17, 15) is 9.59 Å². The molecule has 2 aromatic rings. The Balaban J connectivity index is 1.77. The van der Waals surface area contributed by atoms with Crippen LogP contribution in [0.15, 0.2) is 48.5 Å². The molecule has 5 nitrogen and oxygen atoms in total. The fraction of sp³-hybridized carbons (Fsp3) is 0.391. The first-order valence-corrected chi connectivity index (χ1v) is 9.77. The Labute approximate surface area is 165 Å². The molecule has 0 aliphatic heterocycles. The molecule has 0 amide bonds. The van der Waals surface area contributed by atoms with Gasteiger partial charge in [0, 0.05) is 5.92 Å². The maximum Gasteiger partial charge on any atom is 0.320 e. The first-order valence-electron chi connectivity index (χ1n) is 9.77. The lowest BCUT2D eigenvalue weighted by Crippen LogP contribution is -2.37. The van der Waals surface area contributed by atoms with Crippen molar-refractivity contribution in [3.05, 3.63) is 59.7 Å². The van der Waals surface area contributed by atoms with Crippen molar-refractivity contribution in [2.75, 3.05) is 6.61 Å². The molecule has 3 atom stereocenters. The van der Waals surface area contributed by atoms with Gasteiger partial charge in [-0.2, -0.15) is 0 Å². The van der Waals surface area contributed by atoms with Crippen molar-refractivity contribution in [2.24, 2.45) is 17.6 Å². The summed E-state index contributed by atoms with van der Waals surface area (Å²) in [5, 5.41) is 9.11. The Hall–Kier alpha value is -2.66. The number of ether oxygens (including phenoxy) is 1. The molecule has 3 N–H and O–H groups in total. The SMILES string of the molecule is CC[C@H](C)C(C[C@@H](N)C(=O)O)C(=O)OCC1c2ccccc2-c2ccccc21. The zero-order valence-corrected chi connectivity index (χ0v) is 16.3. The van der Waals surface area contributed by atoms with Crippen molar-refractivity contribution < 1.29 is 19.4 Å². The van der Waals surface area contributed by atoms with Crippen LogP contribution in [0.5, 0.6) is 0 Å². The summed E-state index contributed by atoms with van der Waals surface area (Å²) in [6.45, 7) is 4.14. The minimum atomic E-state index is -1.10. The van der Waals surface area contributed by atoms with Crippen molar-refractivity contribution >= 4 is 11.9 Å². The monoisotopic (exact) mass is 381 g/mol. The summed E-state index contributed by atoms with van der Waals surface area (Å²) >= 11 is 0. The standard InChI is InChI=1S/C23H27NO4/c1-3-14(2)19(12-21(24)22(25)26)23(27)28-13-20-17-10-6-4-8-15(17)16-9-5-7-11-18(16)20/h4-11,14,19-21H,3,12-13,24H2,1-2H3,(H,25,26)/t14-,19?,21+/m0/s1. The van der Waals surface area contributed by atoms with E-state index in [1.165, 1.54) is 11.1 Å². The predicted octanol–water partition coefficient (Wildman–Crippen LogP) is 3.81. The van der Waals surface area contributed by atoms with Crippen LogP contribution in [0.4, 0.5) is 0 Å². The minimum Gasteiger partial charge on any atom is -0.480 e. The molecule has 0 aromatic heterocycles. The number of carbonyl (C=O) groups is 2. The van der Waals surface area contributed by atoms with Gasteiger partial charge in [0.05, 0.1) is 5.92 Å². The van der Waals surface area contributed by atoms with Crippen LogP contribution in [0.25, 0.3) is 11.1 Å². The Kier molecular flexibility index (Phi) is 6.15. The summed E-state index contributed by atoms with van der Waals surface area (Å²) in [5.74, 6) is -2.00. The van der Waals surface area contributed by atoms with Gasteiger partial charge in [-0.15, -0.1) is 0 Å². The normalized spacial score (nSPS) is 16.0. The maximum absolute atomic E-state index is 12.8. The molecule has 5 heteroatoms. The highest BCUT2D eigenvalue weighted by atomic mass is 16.5. The first-order chi connectivity index (χ1) is 13.4. The summed E-state index contributed by atoms with van der Waals surface area (Å²) in [5.41, 5.74) is 10.3. The van der Waals surface area contributed by atoms with Crippen LogP contribution in [0, 0.1) is 11.8 Å². The van der Waals surface area contributed by atoms with Crippen LogP contribution in [-0.2, 0) is 14.3 Å². The quantitative estimate of drug-likeness (QED) is 0.679. The summed E-state index contributed by atoms with van der Waals surface area (Å²) in [4.78, 5) is 23.9. The van der Waals surface area contributed by atoms with Gasteiger partial charge < -0.3 is 15.6 Å². The highest BCUT2D eigenvalue weighted by molar-refractivity contribution is 5.80.